The summed E-state index contributed by atoms with van der Waals surface area (Å²) in [6.07, 6.45) is 6.58. The molecule has 10 heteroatoms. The molecule has 0 spiro atoms. The Kier molecular flexibility index (Phi) is 7.30. The van der Waals surface area contributed by atoms with Gasteiger partial charge in [-0.1, -0.05) is 39.2 Å². The number of amides is 2. The highest BCUT2D eigenvalue weighted by atomic mass is 32.2. The minimum atomic E-state index is -3.72. The van der Waals surface area contributed by atoms with Crippen LogP contribution < -0.4 is 9.46 Å². The third kappa shape index (κ3) is 4.84. The summed E-state index contributed by atoms with van der Waals surface area (Å²) in [4.78, 5) is 32.6. The minimum absolute atomic E-state index is 0.0846. The number of aromatic nitrogens is 1. The topological polar surface area (TPSA) is 101 Å². The Morgan fingerprint density at radius 2 is 1.83 bits per heavy atom. The molecule has 8 rings (SSSR count). The van der Waals surface area contributed by atoms with E-state index >= 15 is 0 Å². The van der Waals surface area contributed by atoms with Crippen LogP contribution in [-0.2, 0) is 21.4 Å². The van der Waals surface area contributed by atoms with Crippen molar-refractivity contribution >= 4 is 32.7 Å². The van der Waals surface area contributed by atoms with Crippen LogP contribution in [0, 0.1) is 11.3 Å². The number of nitrogens with zero attached hydrogens (tertiary/aromatic N) is 3. The number of rotatable bonds is 8. The predicted molar refractivity (Wildman–Crippen MR) is 182 cm³/mol. The van der Waals surface area contributed by atoms with Crippen LogP contribution in [0.25, 0.3) is 22.2 Å². The van der Waals surface area contributed by atoms with Crippen molar-refractivity contribution in [2.75, 3.05) is 32.5 Å². The third-order valence-corrected chi connectivity index (χ3v) is 13.1. The maximum Gasteiger partial charge on any atom is 0.264 e. The number of nitrogens with one attached hydrogen (secondary N) is 1. The largest absolute Gasteiger partial charge is 0.497 e. The molecule has 3 aromatic rings. The molecular formula is C37H46N4O5S. The van der Waals surface area contributed by atoms with Crippen LogP contribution in [-0.4, -0.2) is 79.2 Å². The second-order valence-electron chi connectivity index (χ2n) is 15.1. The molecule has 1 unspecified atom stereocenters. The van der Waals surface area contributed by atoms with Crippen LogP contribution in [0.5, 0.6) is 5.75 Å². The highest BCUT2D eigenvalue weighted by Crippen LogP contribution is 2.66. The van der Waals surface area contributed by atoms with Gasteiger partial charge in [0, 0.05) is 60.2 Å². The van der Waals surface area contributed by atoms with Crippen LogP contribution in [0.2, 0.25) is 0 Å². The molecule has 5 aliphatic rings. The molecule has 4 atom stereocenters. The number of hydrogen-bond donors (Lipinski definition) is 1. The van der Waals surface area contributed by atoms with Gasteiger partial charge >= 0.3 is 0 Å². The van der Waals surface area contributed by atoms with E-state index in [1.165, 1.54) is 37.3 Å². The van der Waals surface area contributed by atoms with Gasteiger partial charge in [-0.2, -0.15) is 0 Å². The van der Waals surface area contributed by atoms with E-state index in [0.29, 0.717) is 36.0 Å². The van der Waals surface area contributed by atoms with Crippen molar-refractivity contribution in [3.05, 3.63) is 53.1 Å². The van der Waals surface area contributed by atoms with E-state index < -0.39 is 21.3 Å². The summed E-state index contributed by atoms with van der Waals surface area (Å²) in [5, 5.41) is 1.10. The summed E-state index contributed by atoms with van der Waals surface area (Å²) in [6.45, 7) is 9.36. The zero-order valence-corrected chi connectivity index (χ0v) is 28.7. The van der Waals surface area contributed by atoms with Gasteiger partial charge in [0.05, 0.1) is 30.0 Å². The van der Waals surface area contributed by atoms with Gasteiger partial charge in [0.15, 0.2) is 0 Å². The Balaban J connectivity index is 1.26. The average molecular weight is 659 g/mol. The molecule has 4 heterocycles. The van der Waals surface area contributed by atoms with Gasteiger partial charge in [-0.25, -0.2) is 13.1 Å². The summed E-state index contributed by atoms with van der Waals surface area (Å²) in [5.41, 5.74) is 5.41. The Bertz CT molecular complexity index is 1890. The first-order valence-corrected chi connectivity index (χ1v) is 19.1. The normalized spacial score (nSPS) is 26.7. The van der Waals surface area contributed by atoms with E-state index in [0.717, 1.165) is 66.8 Å². The Morgan fingerprint density at radius 3 is 2.51 bits per heavy atom. The maximum absolute atomic E-state index is 14.7. The zero-order chi connectivity index (χ0) is 32.8. The first kappa shape index (κ1) is 30.9. The molecule has 0 radical (unpaired) electrons. The quantitative estimate of drug-likeness (QED) is 0.344. The molecule has 1 N–H and O–H groups in total. The number of carbonyl (C=O) groups is 2. The number of sulfonamides is 1. The van der Waals surface area contributed by atoms with Crippen molar-refractivity contribution < 1.29 is 22.7 Å². The molecular weight excluding hydrogens is 612 g/mol. The van der Waals surface area contributed by atoms with Crippen LogP contribution in [0.3, 0.4) is 0 Å². The van der Waals surface area contributed by atoms with Gasteiger partial charge in [-0.3, -0.25) is 14.5 Å². The average Bonchev–Trinajstić information content (AvgIpc) is 3.72. The van der Waals surface area contributed by atoms with E-state index in [1.54, 1.807) is 13.2 Å². The Labute approximate surface area is 277 Å². The first-order valence-electron chi connectivity index (χ1n) is 17.5. The smallest absolute Gasteiger partial charge is 0.264 e. The van der Waals surface area contributed by atoms with E-state index in [-0.39, 0.29) is 17.6 Å². The molecule has 2 aromatic carbocycles. The number of benzene rings is 2. The van der Waals surface area contributed by atoms with Crippen molar-refractivity contribution in [1.82, 2.24) is 19.1 Å². The lowest BCUT2D eigenvalue weighted by Gasteiger charge is -2.63. The molecule has 2 amide bonds. The van der Waals surface area contributed by atoms with Crippen molar-refractivity contribution in [3.63, 3.8) is 0 Å². The lowest BCUT2D eigenvalue weighted by Crippen LogP contribution is -2.80. The van der Waals surface area contributed by atoms with Crippen LogP contribution in [0.1, 0.15) is 92.6 Å². The van der Waals surface area contributed by atoms with E-state index in [9.17, 15) is 18.0 Å². The van der Waals surface area contributed by atoms with Crippen LogP contribution in [0.15, 0.2) is 36.4 Å². The molecule has 47 heavy (non-hydrogen) atoms. The van der Waals surface area contributed by atoms with Gasteiger partial charge < -0.3 is 14.2 Å². The fraction of sp³-hybridized carbons (Fsp3) is 0.568. The molecule has 4 fully saturated rings. The third-order valence-electron chi connectivity index (χ3n) is 11.8. The van der Waals surface area contributed by atoms with Gasteiger partial charge in [0.25, 0.3) is 5.91 Å². The van der Waals surface area contributed by atoms with Crippen molar-refractivity contribution in [1.29, 1.82) is 0 Å². The van der Waals surface area contributed by atoms with E-state index in [4.69, 9.17) is 4.74 Å². The molecule has 2 saturated carbocycles. The second-order valence-corrected chi connectivity index (χ2v) is 17.1. The van der Waals surface area contributed by atoms with Crippen LogP contribution in [0.4, 0.5) is 0 Å². The SMILES string of the molecule is CCS(=O)(=O)NC(=O)c1ccc2c(C3CCCCC3)c3n(c2c1)C[C@@]1(C(=O)N2C[C@@H]4C2CN4CC(C)C)C[C@H]1c1cc(OC)ccc1-3. The van der Waals surface area contributed by atoms with Crippen molar-refractivity contribution in [2.24, 2.45) is 11.3 Å². The summed E-state index contributed by atoms with van der Waals surface area (Å²) < 4.78 is 34.9. The molecule has 1 aromatic heterocycles. The molecule has 9 nitrogen and oxygen atoms in total. The zero-order valence-electron chi connectivity index (χ0n) is 27.9. The van der Waals surface area contributed by atoms with E-state index in [2.05, 4.69) is 45.1 Å². The van der Waals surface area contributed by atoms with Crippen LogP contribution >= 0.6 is 0 Å². The standard InChI is InChI=1S/C37H46N4O5S/c1-5-47(44,45)38-35(42)24-11-13-27-30(15-24)41-21-37(36(43)40-20-31-32(40)19-39(31)18-22(2)3)17-29(37)28-16-25(46-4)12-14-26(28)34(41)33(27)23-9-7-6-8-10-23/h11-16,22-23,29,31-32H,5-10,17-21H2,1-4H3,(H,38,42)/t29-,31+,32?,37-/m0/s1. The molecule has 3 aliphatic heterocycles. The number of carbonyl (C=O) groups excluding carboxylic acids is 2. The van der Waals surface area contributed by atoms with Crippen molar-refractivity contribution in [2.45, 2.75) is 89.8 Å². The maximum atomic E-state index is 14.7. The molecule has 250 valence electrons. The molecule has 2 saturated heterocycles. The van der Waals surface area contributed by atoms with E-state index in [1.807, 2.05) is 18.2 Å². The number of methoxy groups -OCH3 is 1. The highest BCUT2D eigenvalue weighted by molar-refractivity contribution is 7.90. The first-order chi connectivity index (χ1) is 22.5. The summed E-state index contributed by atoms with van der Waals surface area (Å²) in [6, 6.07) is 12.7. The Hall–Kier alpha value is -3.37. The van der Waals surface area contributed by atoms with Gasteiger partial charge in [0.1, 0.15) is 5.75 Å². The molecule has 2 aliphatic carbocycles. The number of piperazine rings is 1. The fourth-order valence-corrected chi connectivity index (χ4v) is 9.78. The highest BCUT2D eigenvalue weighted by Gasteiger charge is 2.67. The summed E-state index contributed by atoms with van der Waals surface area (Å²) >= 11 is 0. The lowest BCUT2D eigenvalue weighted by atomic mass is 9.81. The minimum Gasteiger partial charge on any atom is -0.497 e. The monoisotopic (exact) mass is 658 g/mol. The number of likely N-dealkylation sites (tertiary alicyclic amines) is 2. The van der Waals surface area contributed by atoms with Gasteiger partial charge in [-0.05, 0) is 79.5 Å². The predicted octanol–water partition coefficient (Wildman–Crippen LogP) is 5.48. The summed E-state index contributed by atoms with van der Waals surface area (Å²) in [5.74, 6) is 1.31. The van der Waals surface area contributed by atoms with Gasteiger partial charge in [0.2, 0.25) is 15.9 Å². The molecule has 0 bridgehead atoms. The second kappa shape index (κ2) is 11.1. The number of hydrogen-bond acceptors (Lipinski definition) is 6. The number of fused-ring (bicyclic) bond motifs is 8. The Morgan fingerprint density at radius 1 is 1.04 bits per heavy atom. The fourth-order valence-electron chi connectivity index (χ4n) is 9.24. The van der Waals surface area contributed by atoms with Gasteiger partial charge in [-0.15, -0.1) is 0 Å². The van der Waals surface area contributed by atoms with Crippen molar-refractivity contribution in [3.8, 4) is 17.0 Å². The lowest BCUT2D eigenvalue weighted by molar-refractivity contribution is -0.172. The number of ether oxygens (including phenoxy) is 1. The summed E-state index contributed by atoms with van der Waals surface area (Å²) in [7, 11) is -2.02.